The van der Waals surface area contributed by atoms with Crippen LogP contribution in [0.2, 0.25) is 0 Å². The molecule has 0 amide bonds. The Bertz CT molecular complexity index is 595. The number of rotatable bonds is 4. The minimum Gasteiger partial charge on any atom is -0.491 e. The highest BCUT2D eigenvalue weighted by Gasteiger charge is 2.14. The van der Waals surface area contributed by atoms with Crippen molar-refractivity contribution in [2.75, 3.05) is 0 Å². The molecule has 0 heterocycles. The third-order valence-electron chi connectivity index (χ3n) is 3.15. The van der Waals surface area contributed by atoms with Crippen molar-refractivity contribution in [3.63, 3.8) is 0 Å². The van der Waals surface area contributed by atoms with E-state index in [1.54, 1.807) is 0 Å². The SMILES string of the molecule is Cc1cccc(C(N)c2cccc(OC(C)C)c2)c1I. The van der Waals surface area contributed by atoms with E-state index in [1.165, 1.54) is 9.13 Å². The molecule has 2 rings (SSSR count). The summed E-state index contributed by atoms with van der Waals surface area (Å²) in [4.78, 5) is 0. The Morgan fingerprint density at radius 3 is 2.50 bits per heavy atom. The number of hydrogen-bond acceptors (Lipinski definition) is 2. The number of hydrogen-bond donors (Lipinski definition) is 1. The first-order valence-electron chi connectivity index (χ1n) is 6.76. The Morgan fingerprint density at radius 1 is 1.10 bits per heavy atom. The first-order valence-corrected chi connectivity index (χ1v) is 7.84. The van der Waals surface area contributed by atoms with Crippen LogP contribution >= 0.6 is 22.6 Å². The molecular formula is C17H20INO. The van der Waals surface area contributed by atoms with Crippen LogP contribution < -0.4 is 10.5 Å². The number of aryl methyl sites for hydroxylation is 1. The van der Waals surface area contributed by atoms with Gasteiger partial charge in [0.1, 0.15) is 5.75 Å². The predicted molar refractivity (Wildman–Crippen MR) is 92.1 cm³/mol. The Labute approximate surface area is 134 Å². The van der Waals surface area contributed by atoms with E-state index >= 15 is 0 Å². The van der Waals surface area contributed by atoms with Gasteiger partial charge in [0.2, 0.25) is 0 Å². The highest BCUT2D eigenvalue weighted by molar-refractivity contribution is 14.1. The zero-order valence-corrected chi connectivity index (χ0v) is 14.2. The summed E-state index contributed by atoms with van der Waals surface area (Å²) in [5, 5.41) is 0. The zero-order valence-electron chi connectivity index (χ0n) is 12.1. The number of benzene rings is 2. The predicted octanol–water partition coefficient (Wildman–Crippen LogP) is 4.43. The Morgan fingerprint density at radius 2 is 1.80 bits per heavy atom. The first-order chi connectivity index (χ1) is 9.49. The van der Waals surface area contributed by atoms with Gasteiger partial charge in [-0.15, -0.1) is 0 Å². The van der Waals surface area contributed by atoms with Gasteiger partial charge in [-0.1, -0.05) is 30.3 Å². The molecule has 2 aromatic carbocycles. The summed E-state index contributed by atoms with van der Waals surface area (Å²) in [6.45, 7) is 6.16. The van der Waals surface area contributed by atoms with Crippen LogP contribution in [0.4, 0.5) is 0 Å². The molecule has 0 saturated heterocycles. The average Bonchev–Trinajstić information content (AvgIpc) is 2.41. The molecule has 0 saturated carbocycles. The van der Waals surface area contributed by atoms with Crippen LogP contribution in [0.25, 0.3) is 0 Å². The summed E-state index contributed by atoms with van der Waals surface area (Å²) in [6.07, 6.45) is 0.167. The Hall–Kier alpha value is -1.07. The van der Waals surface area contributed by atoms with Crippen molar-refractivity contribution in [1.29, 1.82) is 0 Å². The third-order valence-corrected chi connectivity index (χ3v) is 4.62. The minimum absolute atomic E-state index is 0.127. The molecule has 0 bridgehead atoms. The highest BCUT2D eigenvalue weighted by atomic mass is 127. The van der Waals surface area contributed by atoms with E-state index in [4.69, 9.17) is 10.5 Å². The molecule has 2 N–H and O–H groups in total. The largest absolute Gasteiger partial charge is 0.491 e. The first kappa shape index (κ1) is 15.3. The van der Waals surface area contributed by atoms with Crippen molar-refractivity contribution >= 4 is 22.6 Å². The maximum atomic E-state index is 6.43. The smallest absolute Gasteiger partial charge is 0.120 e. The second kappa shape index (κ2) is 6.59. The maximum absolute atomic E-state index is 6.43. The van der Waals surface area contributed by atoms with Crippen LogP contribution in [0.1, 0.15) is 36.6 Å². The van der Waals surface area contributed by atoms with Gasteiger partial charge >= 0.3 is 0 Å². The van der Waals surface area contributed by atoms with Gasteiger partial charge < -0.3 is 10.5 Å². The van der Waals surface area contributed by atoms with Gasteiger partial charge in [-0.2, -0.15) is 0 Å². The van der Waals surface area contributed by atoms with Crippen LogP contribution in [0.15, 0.2) is 42.5 Å². The van der Waals surface area contributed by atoms with Gasteiger partial charge in [0, 0.05) is 3.57 Å². The average molecular weight is 381 g/mol. The van der Waals surface area contributed by atoms with Crippen molar-refractivity contribution in [1.82, 2.24) is 0 Å². The van der Waals surface area contributed by atoms with Gasteiger partial charge in [0.05, 0.1) is 12.1 Å². The molecule has 20 heavy (non-hydrogen) atoms. The van der Waals surface area contributed by atoms with Crippen molar-refractivity contribution in [2.24, 2.45) is 5.73 Å². The number of halogens is 1. The van der Waals surface area contributed by atoms with Crippen LogP contribution in [-0.2, 0) is 0 Å². The topological polar surface area (TPSA) is 35.2 Å². The molecular weight excluding hydrogens is 361 g/mol. The van der Waals surface area contributed by atoms with Crippen molar-refractivity contribution in [2.45, 2.75) is 32.9 Å². The van der Waals surface area contributed by atoms with Crippen LogP contribution in [0.3, 0.4) is 0 Å². The molecule has 0 radical (unpaired) electrons. The Kier molecular flexibility index (Phi) is 5.05. The van der Waals surface area contributed by atoms with Gasteiger partial charge in [-0.05, 0) is 72.2 Å². The normalized spacial score (nSPS) is 12.5. The molecule has 1 atom stereocenters. The summed E-state index contributed by atoms with van der Waals surface area (Å²) in [6, 6.07) is 14.2. The molecule has 0 aliphatic carbocycles. The van der Waals surface area contributed by atoms with Gasteiger partial charge in [-0.3, -0.25) is 0 Å². The number of ether oxygens (including phenoxy) is 1. The maximum Gasteiger partial charge on any atom is 0.120 e. The van der Waals surface area contributed by atoms with E-state index in [2.05, 4.69) is 53.8 Å². The molecule has 0 aliphatic rings. The lowest BCUT2D eigenvalue weighted by atomic mass is 9.98. The second-order valence-corrected chi connectivity index (χ2v) is 6.27. The summed E-state index contributed by atoms with van der Waals surface area (Å²) in [5.41, 5.74) is 9.92. The van der Waals surface area contributed by atoms with Crippen LogP contribution in [0, 0.1) is 10.5 Å². The molecule has 3 heteroatoms. The number of nitrogens with two attached hydrogens (primary N) is 1. The minimum atomic E-state index is -0.127. The van der Waals surface area contributed by atoms with E-state index in [1.807, 2.05) is 32.0 Å². The third kappa shape index (κ3) is 3.52. The van der Waals surface area contributed by atoms with Crippen molar-refractivity contribution in [3.05, 3.63) is 62.7 Å². The molecule has 0 aliphatic heterocycles. The van der Waals surface area contributed by atoms with E-state index in [0.29, 0.717) is 0 Å². The van der Waals surface area contributed by atoms with E-state index in [0.717, 1.165) is 16.9 Å². The molecule has 0 spiro atoms. The second-order valence-electron chi connectivity index (χ2n) is 5.19. The van der Waals surface area contributed by atoms with Crippen LogP contribution in [-0.4, -0.2) is 6.10 Å². The van der Waals surface area contributed by atoms with Crippen molar-refractivity contribution < 1.29 is 4.74 Å². The standard InChI is InChI=1S/C17H20INO/c1-11(2)20-14-8-5-7-13(10-14)17(19)15-9-4-6-12(3)16(15)18/h4-11,17H,19H2,1-3H3. The lowest BCUT2D eigenvalue weighted by Crippen LogP contribution is -2.14. The molecule has 0 fully saturated rings. The van der Waals surface area contributed by atoms with E-state index in [-0.39, 0.29) is 12.1 Å². The highest BCUT2D eigenvalue weighted by Crippen LogP contribution is 2.28. The molecule has 106 valence electrons. The summed E-state index contributed by atoms with van der Waals surface area (Å²) in [7, 11) is 0. The summed E-state index contributed by atoms with van der Waals surface area (Å²) < 4.78 is 6.97. The van der Waals surface area contributed by atoms with Crippen molar-refractivity contribution in [3.8, 4) is 5.75 Å². The summed E-state index contributed by atoms with van der Waals surface area (Å²) in [5.74, 6) is 0.871. The fourth-order valence-corrected chi connectivity index (χ4v) is 2.84. The fourth-order valence-electron chi connectivity index (χ4n) is 2.14. The summed E-state index contributed by atoms with van der Waals surface area (Å²) >= 11 is 2.36. The van der Waals surface area contributed by atoms with Gasteiger partial charge in [-0.25, -0.2) is 0 Å². The quantitative estimate of drug-likeness (QED) is 0.795. The van der Waals surface area contributed by atoms with E-state index in [9.17, 15) is 0 Å². The monoisotopic (exact) mass is 381 g/mol. The van der Waals surface area contributed by atoms with Gasteiger partial charge in [0.25, 0.3) is 0 Å². The molecule has 0 aromatic heterocycles. The molecule has 2 nitrogen and oxygen atoms in total. The Balaban J connectivity index is 2.33. The lowest BCUT2D eigenvalue weighted by Gasteiger charge is -2.17. The van der Waals surface area contributed by atoms with Crippen LogP contribution in [0.5, 0.6) is 5.75 Å². The lowest BCUT2D eigenvalue weighted by molar-refractivity contribution is 0.242. The molecule has 2 aromatic rings. The van der Waals surface area contributed by atoms with E-state index < -0.39 is 0 Å². The van der Waals surface area contributed by atoms with Gasteiger partial charge in [0.15, 0.2) is 0 Å². The molecule has 1 unspecified atom stereocenters. The fraction of sp³-hybridized carbons (Fsp3) is 0.294. The zero-order chi connectivity index (χ0) is 14.7.